The zero-order valence-corrected chi connectivity index (χ0v) is 16.0. The van der Waals surface area contributed by atoms with Gasteiger partial charge in [-0.05, 0) is 24.6 Å². The lowest BCUT2D eigenvalue weighted by molar-refractivity contribution is 0.0947. The molecule has 0 saturated carbocycles. The van der Waals surface area contributed by atoms with Crippen molar-refractivity contribution < 1.29 is 4.79 Å². The molecule has 1 amide bonds. The third kappa shape index (κ3) is 5.13. The Morgan fingerprint density at radius 1 is 1.11 bits per heavy atom. The van der Waals surface area contributed by atoms with Crippen LogP contribution in [0.3, 0.4) is 0 Å². The third-order valence-corrected chi connectivity index (χ3v) is 4.81. The Labute approximate surface area is 162 Å². The van der Waals surface area contributed by atoms with Crippen LogP contribution in [0.2, 0.25) is 0 Å². The summed E-state index contributed by atoms with van der Waals surface area (Å²) in [5, 5.41) is 12.0. The minimum absolute atomic E-state index is 0.196. The fourth-order valence-electron chi connectivity index (χ4n) is 2.54. The monoisotopic (exact) mass is 382 g/mol. The lowest BCUT2D eigenvalue weighted by Gasteiger charge is -2.08. The van der Waals surface area contributed by atoms with Crippen molar-refractivity contribution in [1.29, 1.82) is 0 Å². The highest BCUT2D eigenvalue weighted by molar-refractivity contribution is 7.98. The van der Waals surface area contributed by atoms with Gasteiger partial charge in [0.25, 0.3) is 5.91 Å². The van der Waals surface area contributed by atoms with Crippen LogP contribution < -0.4 is 5.32 Å². The molecule has 140 valence electrons. The van der Waals surface area contributed by atoms with E-state index in [0.717, 1.165) is 30.6 Å². The molecule has 8 heteroatoms. The van der Waals surface area contributed by atoms with Crippen molar-refractivity contribution in [3.05, 3.63) is 60.2 Å². The Morgan fingerprint density at radius 2 is 1.89 bits per heavy atom. The Hall–Kier alpha value is -2.74. The van der Waals surface area contributed by atoms with Gasteiger partial charge in [0.15, 0.2) is 10.9 Å². The average molecular weight is 382 g/mol. The van der Waals surface area contributed by atoms with Crippen LogP contribution in [0.15, 0.2) is 53.9 Å². The number of hydrogen-bond donors (Lipinski definition) is 1. The standard InChI is InChI=1S/C19H22N6OS/c1-2-3-7-11-20-18(26)17-16(14-27-19-21-12-8-13-22-19)25(24-23-17)15-9-5-4-6-10-15/h4-6,8-10,12-13H,2-3,7,11,14H2,1H3,(H,20,26). The Balaban J connectivity index is 1.82. The second-order valence-electron chi connectivity index (χ2n) is 5.92. The molecule has 0 radical (unpaired) electrons. The van der Waals surface area contributed by atoms with Gasteiger partial charge in [-0.3, -0.25) is 4.79 Å². The maximum Gasteiger partial charge on any atom is 0.273 e. The van der Waals surface area contributed by atoms with E-state index < -0.39 is 0 Å². The van der Waals surface area contributed by atoms with Gasteiger partial charge in [0, 0.05) is 24.7 Å². The smallest absolute Gasteiger partial charge is 0.273 e. The summed E-state index contributed by atoms with van der Waals surface area (Å²) in [5.41, 5.74) is 1.94. The minimum Gasteiger partial charge on any atom is -0.351 e. The van der Waals surface area contributed by atoms with Gasteiger partial charge in [-0.2, -0.15) is 0 Å². The van der Waals surface area contributed by atoms with Gasteiger partial charge in [-0.25, -0.2) is 14.6 Å². The maximum absolute atomic E-state index is 12.6. The van der Waals surface area contributed by atoms with Gasteiger partial charge in [0.2, 0.25) is 0 Å². The number of carbonyl (C=O) groups is 1. The first-order valence-electron chi connectivity index (χ1n) is 8.97. The van der Waals surface area contributed by atoms with Gasteiger partial charge in [-0.1, -0.05) is 54.9 Å². The molecule has 1 N–H and O–H groups in total. The van der Waals surface area contributed by atoms with Crippen LogP contribution >= 0.6 is 11.8 Å². The molecule has 0 aliphatic heterocycles. The SMILES string of the molecule is CCCCCNC(=O)c1nnn(-c2ccccc2)c1CSc1ncccn1. The van der Waals surface area contributed by atoms with E-state index in [1.165, 1.54) is 11.8 Å². The summed E-state index contributed by atoms with van der Waals surface area (Å²) in [6, 6.07) is 11.4. The molecule has 1 aromatic carbocycles. The average Bonchev–Trinajstić information content (AvgIpc) is 3.15. The molecule has 27 heavy (non-hydrogen) atoms. The minimum atomic E-state index is -0.196. The molecular formula is C19H22N6OS. The number of unbranched alkanes of at least 4 members (excludes halogenated alkanes) is 2. The van der Waals surface area contributed by atoms with Crippen LogP contribution in [-0.4, -0.2) is 37.4 Å². The van der Waals surface area contributed by atoms with Crippen LogP contribution in [0.5, 0.6) is 0 Å². The molecule has 0 aliphatic rings. The topological polar surface area (TPSA) is 85.6 Å². The molecule has 0 bridgehead atoms. The predicted molar refractivity (Wildman–Crippen MR) is 105 cm³/mol. The Kier molecular flexibility index (Phi) is 6.92. The molecule has 0 aliphatic carbocycles. The molecule has 0 atom stereocenters. The van der Waals surface area contributed by atoms with Crippen LogP contribution in [0.25, 0.3) is 5.69 Å². The lowest BCUT2D eigenvalue weighted by atomic mass is 10.2. The number of thioether (sulfide) groups is 1. The highest BCUT2D eigenvalue weighted by Crippen LogP contribution is 2.22. The maximum atomic E-state index is 12.6. The van der Waals surface area contributed by atoms with Crippen LogP contribution in [0.4, 0.5) is 0 Å². The van der Waals surface area contributed by atoms with Crippen LogP contribution in [-0.2, 0) is 5.75 Å². The molecule has 0 saturated heterocycles. The van der Waals surface area contributed by atoms with Crippen LogP contribution in [0, 0.1) is 0 Å². The molecule has 0 fully saturated rings. The summed E-state index contributed by atoms with van der Waals surface area (Å²) in [7, 11) is 0. The van der Waals surface area contributed by atoms with E-state index in [1.54, 1.807) is 23.1 Å². The third-order valence-electron chi connectivity index (χ3n) is 3.92. The fraction of sp³-hybridized carbons (Fsp3) is 0.316. The van der Waals surface area contributed by atoms with E-state index in [2.05, 4.69) is 32.5 Å². The van der Waals surface area contributed by atoms with E-state index in [4.69, 9.17) is 0 Å². The largest absolute Gasteiger partial charge is 0.351 e. The van der Waals surface area contributed by atoms with Crippen molar-refractivity contribution in [1.82, 2.24) is 30.3 Å². The number of carbonyl (C=O) groups excluding carboxylic acids is 1. The van der Waals surface area contributed by atoms with Crippen molar-refractivity contribution in [2.75, 3.05) is 6.54 Å². The first-order valence-corrected chi connectivity index (χ1v) is 9.96. The van der Waals surface area contributed by atoms with E-state index in [0.29, 0.717) is 23.1 Å². The van der Waals surface area contributed by atoms with Gasteiger partial charge < -0.3 is 5.32 Å². The number of nitrogens with zero attached hydrogens (tertiary/aromatic N) is 5. The number of amides is 1. The quantitative estimate of drug-likeness (QED) is 0.347. The van der Waals surface area contributed by atoms with E-state index in [-0.39, 0.29) is 5.91 Å². The molecule has 3 rings (SSSR count). The highest BCUT2D eigenvalue weighted by atomic mass is 32.2. The van der Waals surface area contributed by atoms with Crippen molar-refractivity contribution in [3.8, 4) is 5.69 Å². The summed E-state index contributed by atoms with van der Waals surface area (Å²) in [5.74, 6) is 0.293. The molecule has 0 spiro atoms. The first kappa shape index (κ1) is 19.0. The second kappa shape index (κ2) is 9.82. The van der Waals surface area contributed by atoms with Crippen LogP contribution in [0.1, 0.15) is 42.4 Å². The predicted octanol–water partition coefficient (Wildman–Crippen LogP) is 3.27. The van der Waals surface area contributed by atoms with Gasteiger partial charge in [-0.15, -0.1) is 5.10 Å². The molecule has 7 nitrogen and oxygen atoms in total. The van der Waals surface area contributed by atoms with Crippen molar-refractivity contribution in [2.45, 2.75) is 37.1 Å². The number of benzene rings is 1. The zero-order valence-electron chi connectivity index (χ0n) is 15.2. The molecule has 2 aromatic heterocycles. The summed E-state index contributed by atoms with van der Waals surface area (Å²) >= 11 is 1.45. The number of para-hydroxylation sites is 1. The number of aromatic nitrogens is 5. The molecule has 2 heterocycles. The molecule has 3 aromatic rings. The lowest BCUT2D eigenvalue weighted by Crippen LogP contribution is -2.26. The second-order valence-corrected chi connectivity index (χ2v) is 6.86. The highest BCUT2D eigenvalue weighted by Gasteiger charge is 2.21. The normalized spacial score (nSPS) is 10.7. The van der Waals surface area contributed by atoms with Crippen molar-refractivity contribution in [2.24, 2.45) is 0 Å². The number of hydrogen-bond acceptors (Lipinski definition) is 6. The summed E-state index contributed by atoms with van der Waals surface area (Å²) in [6.07, 6.45) is 6.55. The summed E-state index contributed by atoms with van der Waals surface area (Å²) in [6.45, 7) is 2.77. The number of rotatable bonds is 9. The Morgan fingerprint density at radius 3 is 2.63 bits per heavy atom. The number of nitrogens with one attached hydrogen (secondary N) is 1. The van der Waals surface area contributed by atoms with Gasteiger partial charge >= 0.3 is 0 Å². The van der Waals surface area contributed by atoms with Crippen molar-refractivity contribution >= 4 is 17.7 Å². The molecule has 0 unspecified atom stereocenters. The van der Waals surface area contributed by atoms with Crippen molar-refractivity contribution in [3.63, 3.8) is 0 Å². The summed E-state index contributed by atoms with van der Waals surface area (Å²) in [4.78, 5) is 21.1. The van der Waals surface area contributed by atoms with E-state index in [1.807, 2.05) is 30.3 Å². The zero-order chi connectivity index (χ0) is 18.9. The summed E-state index contributed by atoms with van der Waals surface area (Å²) < 4.78 is 1.71. The fourth-order valence-corrected chi connectivity index (χ4v) is 3.33. The van der Waals surface area contributed by atoms with E-state index in [9.17, 15) is 4.79 Å². The van der Waals surface area contributed by atoms with E-state index >= 15 is 0 Å². The molecular weight excluding hydrogens is 360 g/mol. The van der Waals surface area contributed by atoms with Gasteiger partial charge in [0.05, 0.1) is 11.4 Å². The van der Waals surface area contributed by atoms with Gasteiger partial charge in [0.1, 0.15) is 0 Å². The first-order chi connectivity index (χ1) is 13.3. The Bertz CT molecular complexity index is 853.